The van der Waals surface area contributed by atoms with Crippen molar-refractivity contribution in [3.8, 4) is 16.9 Å². The van der Waals surface area contributed by atoms with E-state index in [9.17, 15) is 19.5 Å². The third kappa shape index (κ3) is 4.46. The van der Waals surface area contributed by atoms with Gasteiger partial charge in [0.1, 0.15) is 11.8 Å². The zero-order valence-corrected chi connectivity index (χ0v) is 20.7. The lowest BCUT2D eigenvalue weighted by atomic mass is 9.88. The molecular formula is C26H34N4O5. The molecule has 2 aromatic rings. The van der Waals surface area contributed by atoms with Crippen molar-refractivity contribution in [1.82, 2.24) is 19.7 Å². The average molecular weight is 483 g/mol. The number of amides is 2. The lowest BCUT2D eigenvalue weighted by Gasteiger charge is -2.30. The normalized spacial score (nSPS) is 22.7. The number of aliphatic hydroxyl groups is 1. The summed E-state index contributed by atoms with van der Waals surface area (Å²) in [6.07, 6.45) is 0.784. The van der Waals surface area contributed by atoms with Gasteiger partial charge in [0.2, 0.25) is 11.8 Å². The first-order valence-corrected chi connectivity index (χ1v) is 12.0. The Hall–Kier alpha value is -3.17. The second-order valence-corrected chi connectivity index (χ2v) is 9.56. The van der Waals surface area contributed by atoms with Crippen molar-refractivity contribution in [1.29, 1.82) is 0 Å². The largest absolute Gasteiger partial charge is 0.496 e. The number of nitrogens with one attached hydrogen (secondary N) is 1. The zero-order chi connectivity index (χ0) is 25.3. The van der Waals surface area contributed by atoms with E-state index in [-0.39, 0.29) is 29.9 Å². The summed E-state index contributed by atoms with van der Waals surface area (Å²) in [7, 11) is 5.51. The Morgan fingerprint density at radius 3 is 2.57 bits per heavy atom. The number of methoxy groups -OCH3 is 1. The highest BCUT2D eigenvalue weighted by molar-refractivity contribution is 5.88. The topological polar surface area (TPSA) is 104 Å². The number of nitrogens with zero attached hydrogens (tertiary/aromatic N) is 3. The molecule has 0 spiro atoms. The first-order chi connectivity index (χ1) is 16.8. The van der Waals surface area contributed by atoms with Gasteiger partial charge in [-0.15, -0.1) is 0 Å². The van der Waals surface area contributed by atoms with Gasteiger partial charge in [0.05, 0.1) is 18.7 Å². The fourth-order valence-electron chi connectivity index (χ4n) is 5.63. The van der Waals surface area contributed by atoms with E-state index in [2.05, 4.69) is 5.32 Å². The van der Waals surface area contributed by atoms with Gasteiger partial charge in [-0.3, -0.25) is 14.4 Å². The molecule has 4 rings (SSSR count). The molecule has 1 aromatic heterocycles. The van der Waals surface area contributed by atoms with Crippen LogP contribution in [0.15, 0.2) is 41.2 Å². The standard InChI is InChI=1S/C26H34N4O5/c1-16(32)30-23-19(20(15-31)24(30)25(33)27-12-7-13-28(2)3)14-29-21(23)11-10-18(26(29)34)17-8-5-6-9-22(17)35-4/h5-6,8-11,19-20,23-24,31H,7,12-15H2,1-4H3,(H,27,33)/t19-,20-,23+,24-/m0/s1. The predicted octanol–water partition coefficient (Wildman–Crippen LogP) is 1.10. The van der Waals surface area contributed by atoms with Crippen LogP contribution in [0.2, 0.25) is 0 Å². The highest BCUT2D eigenvalue weighted by Gasteiger charge is 2.56. The van der Waals surface area contributed by atoms with Gasteiger partial charge in [0, 0.05) is 49.7 Å². The van der Waals surface area contributed by atoms with Gasteiger partial charge < -0.3 is 29.5 Å². The van der Waals surface area contributed by atoms with Crippen LogP contribution < -0.4 is 15.6 Å². The van der Waals surface area contributed by atoms with Crippen LogP contribution in [-0.4, -0.2) is 78.2 Å². The number of ether oxygens (including phenoxy) is 1. The van der Waals surface area contributed by atoms with E-state index >= 15 is 0 Å². The molecule has 1 saturated heterocycles. The van der Waals surface area contributed by atoms with Gasteiger partial charge in [-0.1, -0.05) is 18.2 Å². The minimum Gasteiger partial charge on any atom is -0.496 e. The molecule has 3 heterocycles. The van der Waals surface area contributed by atoms with E-state index in [1.54, 1.807) is 22.6 Å². The lowest BCUT2D eigenvalue weighted by molar-refractivity contribution is -0.140. The van der Waals surface area contributed by atoms with Gasteiger partial charge in [0.25, 0.3) is 5.56 Å². The fraction of sp³-hybridized carbons (Fsp3) is 0.500. The molecule has 35 heavy (non-hydrogen) atoms. The van der Waals surface area contributed by atoms with Crippen LogP contribution in [0.5, 0.6) is 5.75 Å². The van der Waals surface area contributed by atoms with Gasteiger partial charge in [-0.25, -0.2) is 0 Å². The Morgan fingerprint density at radius 2 is 1.91 bits per heavy atom. The van der Waals surface area contributed by atoms with Gasteiger partial charge in [-0.05, 0) is 45.3 Å². The van der Waals surface area contributed by atoms with E-state index in [0.717, 1.165) is 13.0 Å². The molecule has 0 aliphatic carbocycles. The van der Waals surface area contributed by atoms with Crippen molar-refractivity contribution >= 4 is 11.8 Å². The van der Waals surface area contributed by atoms with E-state index in [0.29, 0.717) is 35.7 Å². The first-order valence-electron chi connectivity index (χ1n) is 12.0. The monoisotopic (exact) mass is 482 g/mol. The number of likely N-dealkylation sites (tertiary alicyclic amines) is 1. The second kappa shape index (κ2) is 10.2. The van der Waals surface area contributed by atoms with E-state index in [4.69, 9.17) is 4.74 Å². The molecule has 4 atom stereocenters. The Labute approximate surface area is 205 Å². The van der Waals surface area contributed by atoms with E-state index in [1.165, 1.54) is 6.92 Å². The number of carbonyl (C=O) groups is 2. The third-order valence-corrected chi connectivity index (χ3v) is 7.19. The van der Waals surface area contributed by atoms with Crippen molar-refractivity contribution in [3.05, 3.63) is 52.4 Å². The minimum absolute atomic E-state index is 0.175. The Bertz CT molecular complexity index is 1160. The van der Waals surface area contributed by atoms with Crippen LogP contribution in [0.4, 0.5) is 0 Å². The van der Waals surface area contributed by atoms with Crippen molar-refractivity contribution in [2.45, 2.75) is 32.0 Å². The highest BCUT2D eigenvalue weighted by Crippen LogP contribution is 2.49. The van der Waals surface area contributed by atoms with Crippen LogP contribution in [0.25, 0.3) is 11.1 Å². The fourth-order valence-corrected chi connectivity index (χ4v) is 5.63. The summed E-state index contributed by atoms with van der Waals surface area (Å²) in [5, 5.41) is 13.2. The average Bonchev–Trinajstić information content (AvgIpc) is 3.36. The Balaban J connectivity index is 1.67. The van der Waals surface area contributed by atoms with Crippen LogP contribution in [0.1, 0.15) is 25.1 Å². The third-order valence-electron chi connectivity index (χ3n) is 7.19. The molecule has 2 N–H and O–H groups in total. The van der Waals surface area contributed by atoms with Crippen LogP contribution in [-0.2, 0) is 16.1 Å². The maximum Gasteiger partial charge on any atom is 0.258 e. The Morgan fingerprint density at radius 1 is 1.17 bits per heavy atom. The van der Waals surface area contributed by atoms with Crippen LogP contribution in [0, 0.1) is 11.8 Å². The molecule has 0 bridgehead atoms. The predicted molar refractivity (Wildman–Crippen MR) is 132 cm³/mol. The summed E-state index contributed by atoms with van der Waals surface area (Å²) in [4.78, 5) is 43.1. The highest BCUT2D eigenvalue weighted by atomic mass is 16.5. The number of pyridine rings is 1. The molecule has 9 heteroatoms. The number of aromatic nitrogens is 1. The number of carbonyl (C=O) groups excluding carboxylic acids is 2. The molecule has 9 nitrogen and oxygen atoms in total. The number of para-hydroxylation sites is 1. The molecule has 0 unspecified atom stereocenters. The number of aliphatic hydroxyl groups excluding tert-OH is 1. The lowest BCUT2D eigenvalue weighted by Crippen LogP contribution is -2.50. The summed E-state index contributed by atoms with van der Waals surface area (Å²) < 4.78 is 7.13. The number of hydrogen-bond donors (Lipinski definition) is 2. The van der Waals surface area contributed by atoms with Crippen LogP contribution >= 0.6 is 0 Å². The maximum atomic E-state index is 13.5. The van der Waals surface area contributed by atoms with Crippen molar-refractivity contribution < 1.29 is 19.4 Å². The number of hydrogen-bond acceptors (Lipinski definition) is 6. The Kier molecular flexibility index (Phi) is 7.28. The summed E-state index contributed by atoms with van der Waals surface area (Å²) in [5.41, 5.74) is 1.72. The molecule has 1 fully saturated rings. The smallest absolute Gasteiger partial charge is 0.258 e. The zero-order valence-electron chi connectivity index (χ0n) is 20.7. The summed E-state index contributed by atoms with van der Waals surface area (Å²) in [6.45, 7) is 2.85. The maximum absolute atomic E-state index is 13.5. The minimum atomic E-state index is -0.774. The number of rotatable bonds is 8. The van der Waals surface area contributed by atoms with Gasteiger partial charge in [-0.2, -0.15) is 0 Å². The molecule has 2 amide bonds. The molecule has 1 aromatic carbocycles. The number of benzene rings is 1. The summed E-state index contributed by atoms with van der Waals surface area (Å²) in [5.74, 6) is -0.604. The summed E-state index contributed by atoms with van der Waals surface area (Å²) in [6, 6.07) is 9.75. The molecule has 188 valence electrons. The van der Waals surface area contributed by atoms with Gasteiger partial charge in [0.15, 0.2) is 0 Å². The summed E-state index contributed by atoms with van der Waals surface area (Å²) >= 11 is 0. The van der Waals surface area contributed by atoms with E-state index in [1.807, 2.05) is 49.3 Å². The molecular weight excluding hydrogens is 448 g/mol. The van der Waals surface area contributed by atoms with Crippen molar-refractivity contribution in [2.75, 3.05) is 40.9 Å². The van der Waals surface area contributed by atoms with E-state index < -0.39 is 18.0 Å². The molecule has 0 saturated carbocycles. The SMILES string of the molecule is COc1ccccc1-c1ccc2n(c1=O)C[C@H]1[C@H](CO)[C@@H](C(=O)NCCCN(C)C)N(C(C)=O)[C@@H]21. The molecule has 0 radical (unpaired) electrons. The number of fused-ring (bicyclic) bond motifs is 3. The quantitative estimate of drug-likeness (QED) is 0.546. The second-order valence-electron chi connectivity index (χ2n) is 9.56. The van der Waals surface area contributed by atoms with Crippen molar-refractivity contribution in [3.63, 3.8) is 0 Å². The van der Waals surface area contributed by atoms with Gasteiger partial charge >= 0.3 is 0 Å². The van der Waals surface area contributed by atoms with Crippen molar-refractivity contribution in [2.24, 2.45) is 11.8 Å². The molecule has 2 aliphatic rings. The van der Waals surface area contributed by atoms with Crippen LogP contribution in [0.3, 0.4) is 0 Å². The molecule has 2 aliphatic heterocycles. The first kappa shape index (κ1) is 24.9.